The summed E-state index contributed by atoms with van der Waals surface area (Å²) in [7, 11) is 0. The molecule has 4 heteroatoms. The lowest BCUT2D eigenvalue weighted by Gasteiger charge is -2.37. The van der Waals surface area contributed by atoms with E-state index < -0.39 is 24.0 Å². The van der Waals surface area contributed by atoms with E-state index in [1.165, 1.54) is 0 Å². The monoisotopic (exact) mass is 240 g/mol. The Morgan fingerprint density at radius 3 is 2.35 bits per heavy atom. The molecule has 4 nitrogen and oxygen atoms in total. The van der Waals surface area contributed by atoms with Crippen LogP contribution in [0.25, 0.3) is 0 Å². The second kappa shape index (κ2) is 5.84. The van der Waals surface area contributed by atoms with Gasteiger partial charge in [-0.2, -0.15) is 0 Å². The molecule has 1 aliphatic rings. The molecule has 0 unspecified atom stereocenters. The molecule has 0 spiro atoms. The molecule has 0 heterocycles. The fourth-order valence-corrected chi connectivity index (χ4v) is 2.34. The third-order valence-electron chi connectivity index (χ3n) is 3.42. The first-order chi connectivity index (χ1) is 8.00. The van der Waals surface area contributed by atoms with E-state index in [4.69, 9.17) is 9.84 Å². The van der Waals surface area contributed by atoms with Crippen molar-refractivity contribution < 1.29 is 19.4 Å². The van der Waals surface area contributed by atoms with Crippen LogP contribution in [0, 0.1) is 0 Å². The van der Waals surface area contributed by atoms with Gasteiger partial charge in [-0.25, -0.2) is 0 Å². The lowest BCUT2D eigenvalue weighted by molar-refractivity contribution is -0.162. The topological polar surface area (TPSA) is 63.6 Å². The summed E-state index contributed by atoms with van der Waals surface area (Å²) in [4.78, 5) is 22.0. The van der Waals surface area contributed by atoms with Gasteiger partial charge in [-0.1, -0.05) is 12.5 Å². The van der Waals surface area contributed by atoms with Crippen molar-refractivity contribution in [2.45, 2.75) is 58.0 Å². The number of hydrogen-bond acceptors (Lipinski definition) is 3. The quantitative estimate of drug-likeness (QED) is 0.466. The Balaban J connectivity index is 2.77. The molecule has 0 aromatic rings. The van der Waals surface area contributed by atoms with Gasteiger partial charge < -0.3 is 9.84 Å². The van der Waals surface area contributed by atoms with E-state index in [2.05, 4.69) is 0 Å². The molecule has 1 saturated carbocycles. The molecule has 0 bridgehead atoms. The fraction of sp³-hybridized carbons (Fsp3) is 0.692. The Hall–Kier alpha value is -1.32. The second-order valence-corrected chi connectivity index (χ2v) is 4.57. The van der Waals surface area contributed by atoms with E-state index >= 15 is 0 Å². The molecule has 0 aliphatic heterocycles. The van der Waals surface area contributed by atoms with Crippen LogP contribution < -0.4 is 0 Å². The van der Waals surface area contributed by atoms with Crippen LogP contribution in [0.15, 0.2) is 11.6 Å². The summed E-state index contributed by atoms with van der Waals surface area (Å²) in [5, 5.41) is 8.58. The summed E-state index contributed by atoms with van der Waals surface area (Å²) in [6.45, 7) is 3.86. The van der Waals surface area contributed by atoms with Crippen molar-refractivity contribution in [3.8, 4) is 0 Å². The number of hydrogen-bond donors (Lipinski definition) is 1. The highest BCUT2D eigenvalue weighted by molar-refractivity contribution is 5.90. The van der Waals surface area contributed by atoms with Crippen LogP contribution in [-0.4, -0.2) is 22.6 Å². The van der Waals surface area contributed by atoms with E-state index in [1.54, 1.807) is 0 Å². The minimum atomic E-state index is -1.14. The SMILES string of the molecule is C/C=C(\C)C1(OC(=O)CC(=O)O)CCCCC1. The Morgan fingerprint density at radius 1 is 1.29 bits per heavy atom. The first-order valence-corrected chi connectivity index (χ1v) is 6.07. The molecule has 1 aliphatic carbocycles. The van der Waals surface area contributed by atoms with E-state index in [0.29, 0.717) is 0 Å². The molecule has 96 valence electrons. The number of carboxylic acid groups (broad SMARTS) is 1. The smallest absolute Gasteiger partial charge is 0.318 e. The Morgan fingerprint density at radius 2 is 1.88 bits per heavy atom. The number of rotatable bonds is 4. The number of allylic oxidation sites excluding steroid dienone is 1. The van der Waals surface area contributed by atoms with Gasteiger partial charge in [0.2, 0.25) is 0 Å². The zero-order valence-corrected chi connectivity index (χ0v) is 10.5. The predicted octanol–water partition coefficient (Wildman–Crippen LogP) is 2.67. The third-order valence-corrected chi connectivity index (χ3v) is 3.42. The normalized spacial score (nSPS) is 19.8. The molecule has 1 N–H and O–H groups in total. The molecule has 0 saturated heterocycles. The molecular formula is C13H20O4. The molecular weight excluding hydrogens is 220 g/mol. The molecule has 17 heavy (non-hydrogen) atoms. The maximum atomic E-state index is 11.5. The Bertz CT molecular complexity index is 324. The van der Waals surface area contributed by atoms with Crippen LogP contribution >= 0.6 is 0 Å². The number of aliphatic carboxylic acids is 1. The van der Waals surface area contributed by atoms with Crippen LogP contribution in [0.3, 0.4) is 0 Å². The molecule has 0 radical (unpaired) electrons. The van der Waals surface area contributed by atoms with Crippen molar-refractivity contribution in [1.82, 2.24) is 0 Å². The van der Waals surface area contributed by atoms with Crippen LogP contribution in [-0.2, 0) is 14.3 Å². The Labute approximate surface area is 102 Å². The van der Waals surface area contributed by atoms with Gasteiger partial charge >= 0.3 is 11.9 Å². The zero-order chi connectivity index (χ0) is 12.9. The van der Waals surface area contributed by atoms with Crippen molar-refractivity contribution in [2.75, 3.05) is 0 Å². The lowest BCUT2D eigenvalue weighted by atomic mass is 9.79. The van der Waals surface area contributed by atoms with Crippen LogP contribution in [0.5, 0.6) is 0 Å². The molecule has 0 aromatic heterocycles. The predicted molar refractivity (Wildman–Crippen MR) is 63.6 cm³/mol. The van der Waals surface area contributed by atoms with E-state index in [1.807, 2.05) is 19.9 Å². The highest BCUT2D eigenvalue weighted by atomic mass is 16.6. The summed E-state index contributed by atoms with van der Waals surface area (Å²) in [5.74, 6) is -1.78. The summed E-state index contributed by atoms with van der Waals surface area (Å²) in [5.41, 5.74) is 0.468. The fourth-order valence-electron chi connectivity index (χ4n) is 2.34. The van der Waals surface area contributed by atoms with Crippen molar-refractivity contribution in [2.24, 2.45) is 0 Å². The highest BCUT2D eigenvalue weighted by Gasteiger charge is 2.37. The number of carboxylic acids is 1. The molecule has 0 aromatic carbocycles. The van der Waals surface area contributed by atoms with Gasteiger partial charge in [0.05, 0.1) is 0 Å². The number of esters is 1. The second-order valence-electron chi connectivity index (χ2n) is 4.57. The number of carbonyl (C=O) groups is 2. The number of ether oxygens (including phenoxy) is 1. The van der Waals surface area contributed by atoms with E-state index in [9.17, 15) is 9.59 Å². The first-order valence-electron chi connectivity index (χ1n) is 6.07. The van der Waals surface area contributed by atoms with Crippen molar-refractivity contribution in [1.29, 1.82) is 0 Å². The standard InChI is InChI=1S/C13H20O4/c1-3-10(2)13(7-5-4-6-8-13)17-12(16)9-11(14)15/h3H,4-9H2,1-2H3,(H,14,15)/b10-3+. The van der Waals surface area contributed by atoms with Crippen LogP contribution in [0.4, 0.5) is 0 Å². The largest absolute Gasteiger partial charge is 0.481 e. The van der Waals surface area contributed by atoms with Gasteiger partial charge in [0.25, 0.3) is 0 Å². The van der Waals surface area contributed by atoms with Crippen molar-refractivity contribution in [3.05, 3.63) is 11.6 Å². The maximum Gasteiger partial charge on any atom is 0.318 e. The van der Waals surface area contributed by atoms with E-state index in [-0.39, 0.29) is 0 Å². The summed E-state index contributed by atoms with van der Waals surface area (Å²) in [6.07, 6.45) is 6.17. The van der Waals surface area contributed by atoms with E-state index in [0.717, 1.165) is 37.7 Å². The zero-order valence-electron chi connectivity index (χ0n) is 10.5. The maximum absolute atomic E-state index is 11.5. The highest BCUT2D eigenvalue weighted by Crippen LogP contribution is 2.37. The summed E-state index contributed by atoms with van der Waals surface area (Å²) < 4.78 is 5.45. The molecule has 0 amide bonds. The molecule has 0 atom stereocenters. The van der Waals surface area contributed by atoms with Gasteiger partial charge in [-0.15, -0.1) is 0 Å². The van der Waals surface area contributed by atoms with Crippen molar-refractivity contribution in [3.63, 3.8) is 0 Å². The van der Waals surface area contributed by atoms with Crippen molar-refractivity contribution >= 4 is 11.9 Å². The van der Waals surface area contributed by atoms with Crippen LogP contribution in [0.2, 0.25) is 0 Å². The Kier molecular flexibility index (Phi) is 4.73. The average Bonchev–Trinajstić information content (AvgIpc) is 2.27. The van der Waals surface area contributed by atoms with Gasteiger partial charge in [0.15, 0.2) is 0 Å². The molecule has 1 rings (SSSR count). The lowest BCUT2D eigenvalue weighted by Crippen LogP contribution is -2.39. The van der Waals surface area contributed by atoms with Gasteiger partial charge in [0.1, 0.15) is 12.0 Å². The van der Waals surface area contributed by atoms with Gasteiger partial charge in [0, 0.05) is 0 Å². The van der Waals surface area contributed by atoms with Gasteiger partial charge in [-0.3, -0.25) is 9.59 Å². The van der Waals surface area contributed by atoms with Gasteiger partial charge in [-0.05, 0) is 45.1 Å². The minimum Gasteiger partial charge on any atom is -0.481 e. The third kappa shape index (κ3) is 3.58. The minimum absolute atomic E-state index is 0.556. The first kappa shape index (κ1) is 13.7. The van der Waals surface area contributed by atoms with Crippen LogP contribution in [0.1, 0.15) is 52.4 Å². The summed E-state index contributed by atoms with van der Waals surface area (Å²) >= 11 is 0. The summed E-state index contributed by atoms with van der Waals surface area (Å²) in [6, 6.07) is 0. The molecule has 1 fully saturated rings. The number of carbonyl (C=O) groups excluding carboxylic acids is 1. The average molecular weight is 240 g/mol.